The molecular formula is C30H33FN2O5. The summed E-state index contributed by atoms with van der Waals surface area (Å²) >= 11 is 0. The predicted octanol–water partition coefficient (Wildman–Crippen LogP) is 7.37. The van der Waals surface area contributed by atoms with E-state index in [0.717, 1.165) is 12.0 Å². The molecule has 200 valence electrons. The van der Waals surface area contributed by atoms with Gasteiger partial charge in [-0.25, -0.2) is 14.4 Å². The maximum Gasteiger partial charge on any atom is 0.306 e. The highest BCUT2D eigenvalue weighted by Gasteiger charge is 2.25. The number of furan rings is 1. The quantitative estimate of drug-likeness (QED) is 0.159. The van der Waals surface area contributed by atoms with Gasteiger partial charge in [-0.1, -0.05) is 24.3 Å². The van der Waals surface area contributed by atoms with Gasteiger partial charge in [0.2, 0.25) is 11.6 Å². The zero-order valence-corrected chi connectivity index (χ0v) is 22.4. The molecule has 7 nitrogen and oxygen atoms in total. The summed E-state index contributed by atoms with van der Waals surface area (Å²) in [5, 5.41) is 0.566. The molecule has 2 aromatic heterocycles. The normalized spacial score (nSPS) is 12.4. The third-order valence-corrected chi connectivity index (χ3v) is 5.93. The maximum absolute atomic E-state index is 14.9. The number of fused-ring (bicyclic) bond motifs is 1. The Morgan fingerprint density at radius 2 is 1.79 bits per heavy atom. The van der Waals surface area contributed by atoms with Crippen LogP contribution in [-0.2, 0) is 9.53 Å². The zero-order chi connectivity index (χ0) is 27.3. The summed E-state index contributed by atoms with van der Waals surface area (Å²) in [6.07, 6.45) is 3.73. The molecule has 4 rings (SSSR count). The first-order chi connectivity index (χ1) is 18.2. The summed E-state index contributed by atoms with van der Waals surface area (Å²) < 4.78 is 37.9. The van der Waals surface area contributed by atoms with E-state index < -0.39 is 11.4 Å². The fourth-order valence-electron chi connectivity index (χ4n) is 4.21. The Bertz CT molecular complexity index is 1390. The number of hydrogen-bond donors (Lipinski definition) is 0. The number of unbranched alkanes of at least 4 members (excludes halogenated alkanes) is 1. The summed E-state index contributed by atoms with van der Waals surface area (Å²) in [5.41, 5.74) is 1.56. The lowest BCUT2D eigenvalue weighted by molar-refractivity contribution is -0.154. The number of ether oxygens (including phenoxy) is 3. The Kier molecular flexibility index (Phi) is 8.29. The van der Waals surface area contributed by atoms with Crippen LogP contribution < -0.4 is 9.47 Å². The summed E-state index contributed by atoms with van der Waals surface area (Å²) in [6.45, 7) is 7.52. The molecule has 0 saturated heterocycles. The lowest BCUT2D eigenvalue weighted by Gasteiger charge is -2.19. The van der Waals surface area contributed by atoms with Gasteiger partial charge in [-0.2, -0.15) is 0 Å². The van der Waals surface area contributed by atoms with E-state index in [9.17, 15) is 9.18 Å². The molecule has 0 aliphatic rings. The molecule has 2 heterocycles. The van der Waals surface area contributed by atoms with Crippen LogP contribution in [-0.4, -0.2) is 34.8 Å². The minimum atomic E-state index is -0.487. The number of rotatable bonds is 10. The topological polar surface area (TPSA) is 83.7 Å². The third-order valence-electron chi connectivity index (χ3n) is 5.93. The van der Waals surface area contributed by atoms with E-state index in [4.69, 9.17) is 18.6 Å². The van der Waals surface area contributed by atoms with Crippen molar-refractivity contribution in [3.8, 4) is 34.1 Å². The Balaban J connectivity index is 1.61. The van der Waals surface area contributed by atoms with Gasteiger partial charge in [0.1, 0.15) is 34.6 Å². The van der Waals surface area contributed by atoms with Gasteiger partial charge in [-0.15, -0.1) is 0 Å². The number of esters is 1. The Morgan fingerprint density at radius 1 is 1.05 bits per heavy atom. The average Bonchev–Trinajstić information content (AvgIpc) is 3.26. The van der Waals surface area contributed by atoms with Gasteiger partial charge in [0.05, 0.1) is 18.8 Å². The highest BCUT2D eigenvalue weighted by atomic mass is 19.1. The van der Waals surface area contributed by atoms with Crippen LogP contribution in [0.5, 0.6) is 11.6 Å². The lowest BCUT2D eigenvalue weighted by Crippen LogP contribution is -2.23. The lowest BCUT2D eigenvalue weighted by atomic mass is 9.99. The molecule has 0 amide bonds. The van der Waals surface area contributed by atoms with E-state index in [-0.39, 0.29) is 12.1 Å². The van der Waals surface area contributed by atoms with Crippen LogP contribution >= 0.6 is 0 Å². The average molecular weight is 521 g/mol. The minimum Gasteiger partial charge on any atom is -0.497 e. The van der Waals surface area contributed by atoms with Crippen LogP contribution in [0.1, 0.15) is 53.4 Å². The van der Waals surface area contributed by atoms with Gasteiger partial charge in [0, 0.05) is 12.0 Å². The van der Waals surface area contributed by atoms with Crippen LogP contribution in [0, 0.1) is 5.82 Å². The molecule has 0 fully saturated rings. The molecule has 1 atom stereocenters. The molecule has 38 heavy (non-hydrogen) atoms. The van der Waals surface area contributed by atoms with E-state index in [0.29, 0.717) is 58.9 Å². The van der Waals surface area contributed by atoms with E-state index in [2.05, 4.69) is 9.97 Å². The number of halogens is 1. The number of aromatic nitrogens is 2. The van der Waals surface area contributed by atoms with Crippen molar-refractivity contribution in [2.45, 2.75) is 65.1 Å². The summed E-state index contributed by atoms with van der Waals surface area (Å²) in [4.78, 5) is 20.7. The monoisotopic (exact) mass is 520 g/mol. The molecule has 0 aliphatic carbocycles. The van der Waals surface area contributed by atoms with Crippen molar-refractivity contribution in [2.75, 3.05) is 7.11 Å². The minimum absolute atomic E-state index is 0.192. The largest absolute Gasteiger partial charge is 0.497 e. The van der Waals surface area contributed by atoms with Crippen LogP contribution in [0.15, 0.2) is 59.3 Å². The summed E-state index contributed by atoms with van der Waals surface area (Å²) in [6, 6.07) is 13.9. The number of nitrogens with zero attached hydrogens (tertiary/aromatic N) is 2. The number of carbonyl (C=O) groups is 1. The van der Waals surface area contributed by atoms with E-state index >= 15 is 0 Å². The van der Waals surface area contributed by atoms with Crippen molar-refractivity contribution in [2.24, 2.45) is 0 Å². The van der Waals surface area contributed by atoms with Crippen molar-refractivity contribution in [3.63, 3.8) is 0 Å². The van der Waals surface area contributed by atoms with Gasteiger partial charge in [-0.3, -0.25) is 4.79 Å². The Morgan fingerprint density at radius 3 is 2.47 bits per heavy atom. The molecular weight excluding hydrogens is 487 g/mol. The van der Waals surface area contributed by atoms with Crippen LogP contribution in [0.3, 0.4) is 0 Å². The standard InChI is InChI=1S/C30H33FN2O5/c1-19(10-6-9-13-24(34)38-30(2,3)4)36-28-26-25(20-14-16-21(35-5)17-15-20)27(37-29(26)33-18-32-28)22-11-7-8-12-23(22)31/h7-8,11-12,14-19H,6,9-10,13H2,1-5H3/t19-/m1/s1. The number of carbonyl (C=O) groups excluding carboxylic acids is 1. The Hall–Kier alpha value is -3.94. The van der Waals surface area contributed by atoms with Crippen molar-refractivity contribution in [1.82, 2.24) is 9.97 Å². The summed E-state index contributed by atoms with van der Waals surface area (Å²) in [7, 11) is 1.60. The highest BCUT2D eigenvalue weighted by Crippen LogP contribution is 2.44. The number of methoxy groups -OCH3 is 1. The second-order valence-electron chi connectivity index (χ2n) is 10.1. The van der Waals surface area contributed by atoms with Crippen molar-refractivity contribution in [1.29, 1.82) is 0 Å². The predicted molar refractivity (Wildman–Crippen MR) is 144 cm³/mol. The first-order valence-electron chi connectivity index (χ1n) is 12.7. The smallest absolute Gasteiger partial charge is 0.306 e. The number of hydrogen-bond acceptors (Lipinski definition) is 7. The molecule has 0 unspecified atom stereocenters. The molecule has 4 aromatic rings. The van der Waals surface area contributed by atoms with Crippen LogP contribution in [0.4, 0.5) is 4.39 Å². The number of benzene rings is 2. The first kappa shape index (κ1) is 27.1. The molecule has 0 aliphatic heterocycles. The molecule has 0 N–H and O–H groups in total. The molecule has 0 spiro atoms. The summed E-state index contributed by atoms with van der Waals surface area (Å²) in [5.74, 6) is 0.786. The fourth-order valence-corrected chi connectivity index (χ4v) is 4.21. The fraction of sp³-hybridized carbons (Fsp3) is 0.367. The van der Waals surface area contributed by atoms with Gasteiger partial charge < -0.3 is 18.6 Å². The molecule has 0 radical (unpaired) electrons. The first-order valence-corrected chi connectivity index (χ1v) is 12.7. The second kappa shape index (κ2) is 11.6. The van der Waals surface area contributed by atoms with Gasteiger partial charge >= 0.3 is 5.97 Å². The van der Waals surface area contributed by atoms with Crippen LogP contribution in [0.25, 0.3) is 33.6 Å². The van der Waals surface area contributed by atoms with E-state index in [1.165, 1.54) is 12.4 Å². The SMILES string of the molecule is COc1ccc(-c2c(-c3ccccc3F)oc3ncnc(O[C@H](C)CCCCC(=O)OC(C)(C)C)c23)cc1. The molecule has 0 bridgehead atoms. The van der Waals surface area contributed by atoms with Crippen LogP contribution in [0.2, 0.25) is 0 Å². The third kappa shape index (κ3) is 6.49. The van der Waals surface area contributed by atoms with Gasteiger partial charge in [0.25, 0.3) is 0 Å². The van der Waals surface area contributed by atoms with E-state index in [1.807, 2.05) is 52.0 Å². The Labute approximate surface area is 222 Å². The second-order valence-corrected chi connectivity index (χ2v) is 10.1. The molecule has 8 heteroatoms. The van der Waals surface area contributed by atoms with Crippen molar-refractivity contribution >= 4 is 17.1 Å². The van der Waals surface area contributed by atoms with Gasteiger partial charge in [-0.05, 0) is 76.8 Å². The van der Waals surface area contributed by atoms with Crippen molar-refractivity contribution < 1.29 is 27.8 Å². The molecule has 0 saturated carbocycles. The maximum atomic E-state index is 14.9. The molecule has 2 aromatic carbocycles. The highest BCUT2D eigenvalue weighted by molar-refractivity contribution is 6.03. The zero-order valence-electron chi connectivity index (χ0n) is 22.4. The van der Waals surface area contributed by atoms with Gasteiger partial charge in [0.15, 0.2) is 0 Å². The van der Waals surface area contributed by atoms with E-state index in [1.54, 1.807) is 25.3 Å². The van der Waals surface area contributed by atoms with Crippen molar-refractivity contribution in [3.05, 3.63) is 60.7 Å².